The van der Waals surface area contributed by atoms with Crippen LogP contribution in [0.15, 0.2) is 27.8 Å². The number of ketones is 1. The lowest BCUT2D eigenvalue weighted by Crippen LogP contribution is -2.68. The molecule has 1 aromatic rings. The Balaban J connectivity index is 1.52. The fourth-order valence-corrected chi connectivity index (χ4v) is 8.39. The quantitative estimate of drug-likeness (QED) is 0.459. The van der Waals surface area contributed by atoms with Crippen LogP contribution < -0.4 is 0 Å². The highest BCUT2D eigenvalue weighted by molar-refractivity contribution is 5.96. The first-order valence-corrected chi connectivity index (χ1v) is 13.8. The Bertz CT molecular complexity index is 1290. The maximum Gasteiger partial charge on any atom is 0.344 e. The van der Waals surface area contributed by atoms with E-state index in [1.807, 2.05) is 26.0 Å². The molecule has 2 heterocycles. The van der Waals surface area contributed by atoms with Crippen molar-refractivity contribution in [1.82, 2.24) is 5.16 Å². The number of Topliss-reactive ketones (excluding diaryl/α,β-unsaturated/α-hetero) is 1. The van der Waals surface area contributed by atoms with Crippen molar-refractivity contribution < 1.29 is 33.4 Å². The van der Waals surface area contributed by atoms with Gasteiger partial charge in [0, 0.05) is 5.92 Å². The second-order valence-electron chi connectivity index (χ2n) is 13.2. The number of fused-ring (bicyclic) bond motifs is 5. The van der Waals surface area contributed by atoms with Gasteiger partial charge in [0.2, 0.25) is 0 Å². The zero-order valence-electron chi connectivity index (χ0n) is 23.6. The van der Waals surface area contributed by atoms with Crippen molar-refractivity contribution in [1.29, 1.82) is 0 Å². The van der Waals surface area contributed by atoms with Gasteiger partial charge < -0.3 is 23.8 Å². The Morgan fingerprint density at radius 2 is 1.95 bits per heavy atom. The Hall–Kier alpha value is -2.29. The van der Waals surface area contributed by atoms with Crippen molar-refractivity contribution in [3.8, 4) is 0 Å². The minimum Gasteiger partial charge on any atom is -0.451 e. The maximum atomic E-state index is 14.7. The Morgan fingerprint density at radius 3 is 2.63 bits per heavy atom. The molecule has 2 saturated carbocycles. The molecule has 1 saturated heterocycles. The van der Waals surface area contributed by atoms with Crippen LogP contribution in [0.1, 0.15) is 76.7 Å². The number of allylic oxidation sites excluding steroid dienone is 1. The molecule has 4 aliphatic carbocycles. The van der Waals surface area contributed by atoms with Gasteiger partial charge in [-0.3, -0.25) is 4.79 Å². The maximum absolute atomic E-state index is 14.7. The van der Waals surface area contributed by atoms with E-state index >= 15 is 0 Å². The van der Waals surface area contributed by atoms with E-state index in [9.17, 15) is 14.7 Å². The molecule has 1 unspecified atom stereocenters. The van der Waals surface area contributed by atoms with Gasteiger partial charge >= 0.3 is 5.97 Å². The van der Waals surface area contributed by atoms with Crippen molar-refractivity contribution in [3.05, 3.63) is 40.3 Å². The predicted molar refractivity (Wildman–Crippen MR) is 137 cm³/mol. The Morgan fingerprint density at radius 1 is 1.24 bits per heavy atom. The third-order valence-corrected chi connectivity index (χ3v) is 10.4. The fraction of sp³-hybridized carbons (Fsp3) is 0.700. The minimum absolute atomic E-state index is 0.0119. The monoisotopic (exact) mass is 525 g/mol. The van der Waals surface area contributed by atoms with Crippen molar-refractivity contribution >= 4 is 11.8 Å². The average Bonchev–Trinajstić information content (AvgIpc) is 3.11. The number of hydrogen-bond donors (Lipinski definition) is 1. The predicted octanol–water partition coefficient (Wildman–Crippen LogP) is 4.34. The van der Waals surface area contributed by atoms with Crippen LogP contribution in [0.3, 0.4) is 0 Å². The van der Waals surface area contributed by atoms with Gasteiger partial charge in [-0.25, -0.2) is 4.79 Å². The van der Waals surface area contributed by atoms with Gasteiger partial charge in [-0.1, -0.05) is 45.0 Å². The molecule has 0 amide bonds. The minimum atomic E-state index is -1.84. The molecule has 1 aromatic heterocycles. The van der Waals surface area contributed by atoms with E-state index in [1.165, 1.54) is 0 Å². The van der Waals surface area contributed by atoms with E-state index in [1.54, 1.807) is 20.8 Å². The normalized spacial score (nSPS) is 42.1. The molecule has 1 spiro atoms. The molecule has 3 fully saturated rings. The standard InChI is InChI=1S/C30H39NO7/c1-9-20-21(16(4)38-31-20)26(33)36-24-14(2)12-29-15(3)10-19-22(27(19,5)6)18(23(29)32)11-17-13-35-28(7,8)37-25(17)30(24,29)34/h11-12,15,18-19,22,24-25,34H,9-10,13H2,1-8H3/t15-,18+,19-,22?,24+,25-,29+,30-/m1/s1. The number of aliphatic hydroxyl groups is 1. The first kappa shape index (κ1) is 26.0. The highest BCUT2D eigenvalue weighted by Crippen LogP contribution is 2.72. The molecule has 1 aliphatic heterocycles. The second-order valence-corrected chi connectivity index (χ2v) is 13.2. The van der Waals surface area contributed by atoms with Crippen LogP contribution in [0.4, 0.5) is 0 Å². The summed E-state index contributed by atoms with van der Waals surface area (Å²) < 4.78 is 24.0. The van der Waals surface area contributed by atoms with Crippen LogP contribution in [-0.4, -0.2) is 52.2 Å². The number of ether oxygens (including phenoxy) is 3. The lowest BCUT2D eigenvalue weighted by molar-refractivity contribution is -0.302. The lowest BCUT2D eigenvalue weighted by Gasteiger charge is -2.52. The molecule has 206 valence electrons. The smallest absolute Gasteiger partial charge is 0.344 e. The molecule has 2 bridgehead atoms. The summed E-state index contributed by atoms with van der Waals surface area (Å²) >= 11 is 0. The molecule has 1 N–H and O–H groups in total. The molecule has 6 rings (SSSR count). The van der Waals surface area contributed by atoms with Gasteiger partial charge in [0.25, 0.3) is 0 Å². The molecular formula is C30H39NO7. The Labute approximate surface area is 223 Å². The zero-order valence-corrected chi connectivity index (χ0v) is 23.6. The van der Waals surface area contributed by atoms with Crippen LogP contribution in [0, 0.1) is 41.4 Å². The van der Waals surface area contributed by atoms with Crippen molar-refractivity contribution in [2.45, 2.75) is 91.8 Å². The summed E-state index contributed by atoms with van der Waals surface area (Å²) in [6, 6.07) is 0. The summed E-state index contributed by atoms with van der Waals surface area (Å²) in [6.45, 7) is 15.7. The van der Waals surface area contributed by atoms with E-state index in [2.05, 4.69) is 25.9 Å². The average molecular weight is 526 g/mol. The summed E-state index contributed by atoms with van der Waals surface area (Å²) in [6.07, 6.45) is 3.21. The molecule has 8 nitrogen and oxygen atoms in total. The molecule has 38 heavy (non-hydrogen) atoms. The van der Waals surface area contributed by atoms with Gasteiger partial charge in [0.1, 0.15) is 17.4 Å². The molecular weight excluding hydrogens is 486 g/mol. The second kappa shape index (κ2) is 7.89. The molecule has 0 radical (unpaired) electrons. The highest BCUT2D eigenvalue weighted by atomic mass is 16.7. The number of hydrogen-bond acceptors (Lipinski definition) is 8. The van der Waals surface area contributed by atoms with Gasteiger partial charge in [-0.2, -0.15) is 0 Å². The molecule has 8 atom stereocenters. The number of nitrogens with zero attached hydrogens (tertiary/aromatic N) is 1. The third kappa shape index (κ3) is 3.11. The van der Waals surface area contributed by atoms with Crippen LogP contribution in [0.5, 0.6) is 0 Å². The van der Waals surface area contributed by atoms with Crippen molar-refractivity contribution in [3.63, 3.8) is 0 Å². The van der Waals surface area contributed by atoms with E-state index in [-0.39, 0.29) is 41.1 Å². The van der Waals surface area contributed by atoms with Crippen molar-refractivity contribution in [2.24, 2.45) is 34.5 Å². The summed E-state index contributed by atoms with van der Waals surface area (Å²) in [7, 11) is 0. The summed E-state index contributed by atoms with van der Waals surface area (Å²) in [4.78, 5) is 28.4. The number of carbonyl (C=O) groups excluding carboxylic acids is 2. The van der Waals surface area contributed by atoms with Gasteiger partial charge in [-0.05, 0) is 74.9 Å². The first-order valence-electron chi connectivity index (χ1n) is 13.8. The van der Waals surface area contributed by atoms with Crippen LogP contribution >= 0.6 is 0 Å². The number of esters is 1. The van der Waals surface area contributed by atoms with E-state index in [0.717, 1.165) is 12.0 Å². The van der Waals surface area contributed by atoms with Crippen LogP contribution in [-0.2, 0) is 25.4 Å². The van der Waals surface area contributed by atoms with Crippen molar-refractivity contribution in [2.75, 3.05) is 6.61 Å². The number of aryl methyl sites for hydroxylation is 2. The number of rotatable bonds is 3. The van der Waals surface area contributed by atoms with Gasteiger partial charge in [-0.15, -0.1) is 0 Å². The molecule has 0 aromatic carbocycles. The van der Waals surface area contributed by atoms with Gasteiger partial charge in [0.15, 0.2) is 23.3 Å². The fourth-order valence-electron chi connectivity index (χ4n) is 8.39. The number of aromatic nitrogens is 1. The highest BCUT2D eigenvalue weighted by Gasteiger charge is 2.77. The largest absolute Gasteiger partial charge is 0.451 e. The third-order valence-electron chi connectivity index (χ3n) is 10.4. The lowest BCUT2D eigenvalue weighted by atomic mass is 9.59. The number of carbonyl (C=O) groups is 2. The van der Waals surface area contributed by atoms with Gasteiger partial charge in [0.05, 0.1) is 17.7 Å². The summed E-state index contributed by atoms with van der Waals surface area (Å²) in [5.41, 5.74) is -0.929. The topological polar surface area (TPSA) is 108 Å². The first-order chi connectivity index (χ1) is 17.7. The molecule has 5 aliphatic rings. The van der Waals surface area contributed by atoms with E-state index < -0.39 is 35.0 Å². The Kier molecular flexibility index (Phi) is 5.39. The van der Waals surface area contributed by atoms with E-state index in [4.69, 9.17) is 18.7 Å². The van der Waals surface area contributed by atoms with Crippen LogP contribution in [0.25, 0.3) is 0 Å². The summed E-state index contributed by atoms with van der Waals surface area (Å²) in [5.74, 6) is -1.28. The molecule has 8 heteroatoms. The van der Waals surface area contributed by atoms with E-state index in [0.29, 0.717) is 29.4 Å². The zero-order chi connectivity index (χ0) is 27.6. The summed E-state index contributed by atoms with van der Waals surface area (Å²) in [5, 5.41) is 17.1. The van der Waals surface area contributed by atoms with Crippen LogP contribution in [0.2, 0.25) is 0 Å². The SMILES string of the molecule is CCc1noc(C)c1C(=O)O[C@H]1C(C)=C[C@]23C(=O)[C@@H](C=C4COC(C)(C)O[C@H]4[C@]12O)C1[C@@H](C[C@H]3C)C1(C)C.